The van der Waals surface area contributed by atoms with Crippen LogP contribution in [0.5, 0.6) is 0 Å². The third kappa shape index (κ3) is 3.65. The first kappa shape index (κ1) is 14.2. The molecular weight excluding hydrogens is 318 g/mol. The summed E-state index contributed by atoms with van der Waals surface area (Å²) in [5.74, 6) is -0.221. The van der Waals surface area contributed by atoms with Gasteiger partial charge in [-0.25, -0.2) is 0 Å². The summed E-state index contributed by atoms with van der Waals surface area (Å²) in [7, 11) is 0. The van der Waals surface area contributed by atoms with E-state index >= 15 is 0 Å². The van der Waals surface area contributed by atoms with E-state index in [2.05, 4.69) is 26.2 Å². The molecule has 0 aliphatic rings. The fourth-order valence-electron chi connectivity index (χ4n) is 1.74. The van der Waals surface area contributed by atoms with Gasteiger partial charge in [0.05, 0.1) is 11.1 Å². The van der Waals surface area contributed by atoms with Gasteiger partial charge in [0.25, 0.3) is 5.91 Å². The third-order valence-corrected chi connectivity index (χ3v) is 3.54. The average molecular weight is 330 g/mol. The Morgan fingerprint density at radius 3 is 2.90 bits per heavy atom. The first-order valence-electron chi connectivity index (χ1n) is 6.07. The van der Waals surface area contributed by atoms with Gasteiger partial charge in [-0.3, -0.25) is 9.78 Å². The second kappa shape index (κ2) is 6.83. The summed E-state index contributed by atoms with van der Waals surface area (Å²) < 4.78 is 1.03. The fourth-order valence-corrected chi connectivity index (χ4v) is 2.22. The zero-order valence-electron chi connectivity index (χ0n) is 10.6. The first-order valence-corrected chi connectivity index (χ1v) is 6.87. The summed E-state index contributed by atoms with van der Waals surface area (Å²) in [6, 6.07) is 11.4. The highest BCUT2D eigenvalue weighted by atomic mass is 79.9. The summed E-state index contributed by atoms with van der Waals surface area (Å²) in [5, 5.41) is 11.6. The number of nitrogens with zero attached hydrogens (tertiary/aromatic N) is 2. The Morgan fingerprint density at radius 1 is 1.35 bits per heavy atom. The van der Waals surface area contributed by atoms with E-state index in [-0.39, 0.29) is 5.91 Å². The summed E-state index contributed by atoms with van der Waals surface area (Å²) in [5.41, 5.74) is 1.91. The van der Waals surface area contributed by atoms with Crippen molar-refractivity contribution in [1.82, 2.24) is 10.3 Å². The number of nitrogens with one attached hydrogen (secondary N) is 1. The second-order valence-corrected chi connectivity index (χ2v) is 5.03. The number of rotatable bonds is 4. The highest BCUT2D eigenvalue weighted by Gasteiger charge is 2.07. The Bertz CT molecular complexity index is 664. The molecule has 1 N–H and O–H groups in total. The van der Waals surface area contributed by atoms with Crippen molar-refractivity contribution in [2.75, 3.05) is 6.54 Å². The van der Waals surface area contributed by atoms with Crippen LogP contribution in [0.2, 0.25) is 0 Å². The van der Waals surface area contributed by atoms with Crippen molar-refractivity contribution in [2.45, 2.75) is 6.42 Å². The van der Waals surface area contributed by atoms with E-state index in [4.69, 9.17) is 5.26 Å². The lowest BCUT2D eigenvalue weighted by Crippen LogP contribution is -2.25. The molecule has 20 heavy (non-hydrogen) atoms. The maximum Gasteiger partial charge on any atom is 0.252 e. The predicted molar refractivity (Wildman–Crippen MR) is 79.1 cm³/mol. The molecule has 2 aromatic rings. The molecule has 100 valence electrons. The zero-order valence-corrected chi connectivity index (χ0v) is 12.2. The molecule has 0 saturated carbocycles. The molecule has 0 unspecified atom stereocenters. The smallest absolute Gasteiger partial charge is 0.252 e. The lowest BCUT2D eigenvalue weighted by atomic mass is 10.1. The van der Waals surface area contributed by atoms with Gasteiger partial charge in [0.1, 0.15) is 6.07 Å². The highest BCUT2D eigenvalue weighted by Crippen LogP contribution is 2.15. The Hall–Kier alpha value is -2.19. The monoisotopic (exact) mass is 329 g/mol. The van der Waals surface area contributed by atoms with Crippen molar-refractivity contribution in [3.05, 3.63) is 63.9 Å². The van der Waals surface area contributed by atoms with Gasteiger partial charge in [0.15, 0.2) is 0 Å². The minimum atomic E-state index is -0.221. The van der Waals surface area contributed by atoms with Crippen molar-refractivity contribution < 1.29 is 4.79 Å². The Kier molecular flexibility index (Phi) is 4.85. The maximum atomic E-state index is 11.9. The number of benzene rings is 1. The van der Waals surface area contributed by atoms with E-state index in [1.165, 1.54) is 18.5 Å². The van der Waals surface area contributed by atoms with Gasteiger partial charge >= 0.3 is 0 Å². The molecule has 0 spiro atoms. The highest BCUT2D eigenvalue weighted by molar-refractivity contribution is 9.10. The predicted octanol–water partition coefficient (Wildman–Crippen LogP) is 2.69. The number of aromatic nitrogens is 1. The number of carbonyl (C=O) groups is 1. The van der Waals surface area contributed by atoms with Crippen molar-refractivity contribution in [3.8, 4) is 6.07 Å². The number of amides is 1. The summed E-state index contributed by atoms with van der Waals surface area (Å²) in [6.07, 6.45) is 3.62. The largest absolute Gasteiger partial charge is 0.352 e. The minimum absolute atomic E-state index is 0.221. The van der Waals surface area contributed by atoms with Gasteiger partial charge in [-0.1, -0.05) is 34.1 Å². The van der Waals surface area contributed by atoms with E-state index in [0.29, 0.717) is 17.7 Å². The molecule has 1 aromatic carbocycles. The van der Waals surface area contributed by atoms with Crippen LogP contribution in [0.3, 0.4) is 0 Å². The van der Waals surface area contributed by atoms with Crippen LogP contribution in [0, 0.1) is 11.3 Å². The fraction of sp³-hybridized carbons (Fsp3) is 0.133. The molecule has 0 aliphatic heterocycles. The molecule has 2 rings (SSSR count). The first-order chi connectivity index (χ1) is 9.70. The Labute approximate surface area is 125 Å². The van der Waals surface area contributed by atoms with Crippen molar-refractivity contribution in [2.24, 2.45) is 0 Å². The number of nitriles is 1. The second-order valence-electron chi connectivity index (χ2n) is 4.17. The lowest BCUT2D eigenvalue weighted by Gasteiger charge is -2.06. The Balaban J connectivity index is 1.93. The summed E-state index contributed by atoms with van der Waals surface area (Å²) in [6.45, 7) is 0.526. The van der Waals surface area contributed by atoms with Crippen molar-refractivity contribution >= 4 is 21.8 Å². The lowest BCUT2D eigenvalue weighted by molar-refractivity contribution is 0.0953. The topological polar surface area (TPSA) is 65.8 Å². The molecule has 1 aromatic heterocycles. The van der Waals surface area contributed by atoms with E-state index < -0.39 is 0 Å². The standard InChI is InChI=1S/C15H12BrN3O/c16-14-4-2-1-3-12(14)5-6-19-15(20)13-7-11(8-17)9-18-10-13/h1-4,7,9-10H,5-6H2,(H,19,20). The molecular formula is C15H12BrN3O. The van der Waals surface area contributed by atoms with E-state index in [9.17, 15) is 4.79 Å². The van der Waals surface area contributed by atoms with E-state index in [0.717, 1.165) is 16.5 Å². The number of hydrogen-bond acceptors (Lipinski definition) is 3. The molecule has 4 nitrogen and oxygen atoms in total. The van der Waals surface area contributed by atoms with E-state index in [1.54, 1.807) is 0 Å². The van der Waals surface area contributed by atoms with Crippen LogP contribution in [-0.2, 0) is 6.42 Å². The molecule has 1 heterocycles. The quantitative estimate of drug-likeness (QED) is 0.937. The normalized spacial score (nSPS) is 9.80. The molecule has 0 fully saturated rings. The summed E-state index contributed by atoms with van der Waals surface area (Å²) >= 11 is 3.47. The van der Waals surface area contributed by atoms with Crippen LogP contribution in [0.1, 0.15) is 21.5 Å². The van der Waals surface area contributed by atoms with Crippen molar-refractivity contribution in [1.29, 1.82) is 5.26 Å². The van der Waals surface area contributed by atoms with Crippen molar-refractivity contribution in [3.63, 3.8) is 0 Å². The molecule has 0 atom stereocenters. The van der Waals surface area contributed by atoms with Crippen LogP contribution in [0.25, 0.3) is 0 Å². The van der Waals surface area contributed by atoms with Crippen LogP contribution < -0.4 is 5.32 Å². The van der Waals surface area contributed by atoms with Gasteiger partial charge < -0.3 is 5.32 Å². The van der Waals surface area contributed by atoms with Gasteiger partial charge in [-0.2, -0.15) is 5.26 Å². The molecule has 0 radical (unpaired) electrons. The van der Waals surface area contributed by atoms with Crippen LogP contribution in [0.15, 0.2) is 47.2 Å². The third-order valence-electron chi connectivity index (χ3n) is 2.77. The van der Waals surface area contributed by atoms with Gasteiger partial charge in [0, 0.05) is 23.4 Å². The van der Waals surface area contributed by atoms with Gasteiger partial charge in [-0.05, 0) is 24.1 Å². The zero-order chi connectivity index (χ0) is 14.4. The number of hydrogen-bond donors (Lipinski definition) is 1. The number of halogens is 1. The SMILES string of the molecule is N#Cc1cncc(C(=O)NCCc2ccccc2Br)c1. The molecule has 5 heteroatoms. The molecule has 0 aliphatic carbocycles. The van der Waals surface area contributed by atoms with Gasteiger partial charge in [0.2, 0.25) is 0 Å². The van der Waals surface area contributed by atoms with E-state index in [1.807, 2.05) is 30.3 Å². The molecule has 1 amide bonds. The molecule has 0 saturated heterocycles. The number of pyridine rings is 1. The van der Waals surface area contributed by atoms with Crippen LogP contribution >= 0.6 is 15.9 Å². The minimum Gasteiger partial charge on any atom is -0.352 e. The average Bonchev–Trinajstić information content (AvgIpc) is 2.49. The molecule has 0 bridgehead atoms. The maximum absolute atomic E-state index is 11.9. The van der Waals surface area contributed by atoms with Crippen LogP contribution in [-0.4, -0.2) is 17.4 Å². The summed E-state index contributed by atoms with van der Waals surface area (Å²) in [4.78, 5) is 15.8. The Morgan fingerprint density at radius 2 is 2.15 bits per heavy atom. The van der Waals surface area contributed by atoms with Crippen LogP contribution in [0.4, 0.5) is 0 Å². The number of carbonyl (C=O) groups excluding carboxylic acids is 1. The van der Waals surface area contributed by atoms with Gasteiger partial charge in [-0.15, -0.1) is 0 Å².